The zero-order valence-corrected chi connectivity index (χ0v) is 20.4. The Bertz CT molecular complexity index is 1100. The van der Waals surface area contributed by atoms with Crippen LogP contribution in [0, 0.1) is 17.7 Å². The van der Waals surface area contributed by atoms with Gasteiger partial charge >= 0.3 is 5.69 Å². The summed E-state index contributed by atoms with van der Waals surface area (Å²) in [5, 5.41) is 0. The van der Waals surface area contributed by atoms with E-state index in [9.17, 15) is 18.8 Å². The summed E-state index contributed by atoms with van der Waals surface area (Å²) in [5.41, 5.74) is 6.02. The Labute approximate surface area is 199 Å². The molecule has 1 amide bonds. The molecule has 1 saturated heterocycles. The van der Waals surface area contributed by atoms with Crippen LogP contribution < -0.4 is 26.8 Å². The van der Waals surface area contributed by atoms with Crippen LogP contribution in [0.4, 0.5) is 21.6 Å². The molecule has 0 atom stereocenters. The Balaban J connectivity index is 1.78. The molecular formula is C24H35FN6O3. The van der Waals surface area contributed by atoms with Gasteiger partial charge in [0.15, 0.2) is 5.69 Å². The van der Waals surface area contributed by atoms with E-state index in [0.29, 0.717) is 39.3 Å². The van der Waals surface area contributed by atoms with Gasteiger partial charge < -0.3 is 15.5 Å². The van der Waals surface area contributed by atoms with Crippen molar-refractivity contribution < 1.29 is 9.18 Å². The van der Waals surface area contributed by atoms with Crippen molar-refractivity contribution >= 4 is 23.1 Å². The maximum absolute atomic E-state index is 13.4. The Morgan fingerprint density at radius 3 is 2.24 bits per heavy atom. The van der Waals surface area contributed by atoms with Gasteiger partial charge in [-0.25, -0.2) is 9.18 Å². The number of halogens is 1. The number of nitrogen functional groups attached to an aromatic ring is 1. The number of hydrogen-bond acceptors (Lipinski definition) is 6. The van der Waals surface area contributed by atoms with Crippen LogP contribution in [0.15, 0.2) is 33.9 Å². The van der Waals surface area contributed by atoms with Crippen molar-refractivity contribution in [1.82, 2.24) is 14.5 Å². The summed E-state index contributed by atoms with van der Waals surface area (Å²) in [4.78, 5) is 46.4. The van der Waals surface area contributed by atoms with Crippen molar-refractivity contribution in [3.8, 4) is 0 Å². The number of carbonyl (C=O) groups excluding carboxylic acids is 1. The van der Waals surface area contributed by atoms with Gasteiger partial charge in [0.2, 0.25) is 5.91 Å². The molecule has 3 rings (SSSR count). The molecule has 3 N–H and O–H groups in total. The molecule has 0 aliphatic carbocycles. The third-order valence-electron chi connectivity index (χ3n) is 5.80. The minimum Gasteiger partial charge on any atom is -0.383 e. The van der Waals surface area contributed by atoms with Crippen molar-refractivity contribution in [3.63, 3.8) is 0 Å². The van der Waals surface area contributed by atoms with Gasteiger partial charge in [0.1, 0.15) is 11.6 Å². The predicted octanol–water partition coefficient (Wildman–Crippen LogP) is 1.73. The first-order valence-electron chi connectivity index (χ1n) is 11.7. The summed E-state index contributed by atoms with van der Waals surface area (Å²) in [6, 6.07) is 6.38. The SMILES string of the molecule is CC(C)CN(C(=O)CN1CCN(c2ccc(F)cc2)CC1)c1c(N)n(CC(C)C)c(=O)[nH]c1=O. The lowest BCUT2D eigenvalue weighted by Gasteiger charge is -2.37. The Morgan fingerprint density at radius 1 is 1.06 bits per heavy atom. The minimum atomic E-state index is -0.655. The number of aromatic amines is 1. The van der Waals surface area contributed by atoms with E-state index in [-0.39, 0.29) is 41.6 Å². The minimum absolute atomic E-state index is 0.0116. The van der Waals surface area contributed by atoms with E-state index < -0.39 is 11.2 Å². The topological polar surface area (TPSA) is 108 Å². The molecule has 186 valence electrons. The molecule has 1 aliphatic heterocycles. The van der Waals surface area contributed by atoms with Crippen molar-refractivity contribution in [1.29, 1.82) is 0 Å². The third-order valence-corrected chi connectivity index (χ3v) is 5.80. The first kappa shape index (κ1) is 25.5. The fourth-order valence-corrected chi connectivity index (χ4v) is 4.16. The zero-order valence-electron chi connectivity index (χ0n) is 20.4. The predicted molar refractivity (Wildman–Crippen MR) is 133 cm³/mol. The van der Waals surface area contributed by atoms with Crippen LogP contribution in [0.2, 0.25) is 0 Å². The largest absolute Gasteiger partial charge is 0.383 e. The lowest BCUT2D eigenvalue weighted by Crippen LogP contribution is -2.51. The number of nitrogens with zero attached hydrogens (tertiary/aromatic N) is 4. The Hall–Kier alpha value is -3.14. The number of H-pyrrole nitrogens is 1. The van der Waals surface area contributed by atoms with Crippen molar-refractivity contribution in [3.05, 3.63) is 50.9 Å². The van der Waals surface area contributed by atoms with Crippen molar-refractivity contribution in [2.24, 2.45) is 11.8 Å². The number of anilines is 3. The monoisotopic (exact) mass is 474 g/mol. The lowest BCUT2D eigenvalue weighted by molar-refractivity contribution is -0.120. The van der Waals surface area contributed by atoms with E-state index in [1.165, 1.54) is 21.6 Å². The van der Waals surface area contributed by atoms with Gasteiger partial charge in [-0.3, -0.25) is 24.0 Å². The summed E-state index contributed by atoms with van der Waals surface area (Å²) >= 11 is 0. The molecule has 0 bridgehead atoms. The fourth-order valence-electron chi connectivity index (χ4n) is 4.16. The van der Waals surface area contributed by atoms with Gasteiger partial charge in [0.05, 0.1) is 6.54 Å². The molecule has 0 saturated carbocycles. The Morgan fingerprint density at radius 2 is 1.68 bits per heavy atom. The van der Waals surface area contributed by atoms with Crippen LogP contribution in [0.1, 0.15) is 27.7 Å². The lowest BCUT2D eigenvalue weighted by atomic mass is 10.2. The highest BCUT2D eigenvalue weighted by molar-refractivity contribution is 5.96. The van der Waals surface area contributed by atoms with Crippen LogP contribution >= 0.6 is 0 Å². The molecule has 1 aromatic heterocycles. The third kappa shape index (κ3) is 6.05. The zero-order chi connectivity index (χ0) is 25.0. The van der Waals surface area contributed by atoms with E-state index in [0.717, 1.165) is 5.69 Å². The maximum atomic E-state index is 13.4. The van der Waals surface area contributed by atoms with Gasteiger partial charge in [-0.1, -0.05) is 27.7 Å². The summed E-state index contributed by atoms with van der Waals surface area (Å²) in [7, 11) is 0. The average Bonchev–Trinajstić information content (AvgIpc) is 2.76. The van der Waals surface area contributed by atoms with Gasteiger partial charge in [0, 0.05) is 45.0 Å². The number of piperazine rings is 1. The van der Waals surface area contributed by atoms with E-state index in [1.807, 2.05) is 32.6 Å². The molecule has 1 aliphatic rings. The van der Waals surface area contributed by atoms with E-state index >= 15 is 0 Å². The highest BCUT2D eigenvalue weighted by Crippen LogP contribution is 2.21. The Kier molecular flexibility index (Phi) is 8.14. The smallest absolute Gasteiger partial charge is 0.330 e. The highest BCUT2D eigenvalue weighted by atomic mass is 19.1. The summed E-state index contributed by atoms with van der Waals surface area (Å²) in [6.45, 7) is 11.3. The second-order valence-electron chi connectivity index (χ2n) is 9.64. The number of amides is 1. The molecule has 0 spiro atoms. The first-order valence-corrected chi connectivity index (χ1v) is 11.7. The molecule has 0 unspecified atom stereocenters. The number of nitrogens with two attached hydrogens (primary N) is 1. The van der Waals surface area contributed by atoms with Crippen molar-refractivity contribution in [2.75, 3.05) is 54.8 Å². The second-order valence-corrected chi connectivity index (χ2v) is 9.64. The molecular weight excluding hydrogens is 439 g/mol. The molecule has 9 nitrogen and oxygen atoms in total. The van der Waals surface area contributed by atoms with Gasteiger partial charge in [-0.05, 0) is 36.1 Å². The second kappa shape index (κ2) is 10.9. The molecule has 34 heavy (non-hydrogen) atoms. The summed E-state index contributed by atoms with van der Waals surface area (Å²) < 4.78 is 14.5. The maximum Gasteiger partial charge on any atom is 0.330 e. The van der Waals surface area contributed by atoms with E-state index in [4.69, 9.17) is 5.73 Å². The highest BCUT2D eigenvalue weighted by Gasteiger charge is 2.28. The molecule has 2 heterocycles. The number of aromatic nitrogens is 2. The van der Waals surface area contributed by atoms with Crippen LogP contribution in [0.5, 0.6) is 0 Å². The average molecular weight is 475 g/mol. The number of nitrogens with one attached hydrogen (secondary N) is 1. The first-order chi connectivity index (χ1) is 16.1. The number of benzene rings is 1. The summed E-state index contributed by atoms with van der Waals surface area (Å²) in [5.74, 6) is -0.283. The fraction of sp³-hybridized carbons (Fsp3) is 0.542. The number of carbonyl (C=O) groups is 1. The van der Waals surface area contributed by atoms with Crippen LogP contribution in [0.3, 0.4) is 0 Å². The van der Waals surface area contributed by atoms with E-state index in [2.05, 4.69) is 9.88 Å². The molecule has 10 heteroatoms. The van der Waals surface area contributed by atoms with Crippen LogP contribution in [-0.4, -0.2) is 59.6 Å². The standard InChI is InChI=1S/C24H35FN6O3/c1-16(2)13-30(21-22(26)31(14-17(3)4)24(34)27-23(21)33)20(32)15-28-9-11-29(12-10-28)19-7-5-18(25)6-8-19/h5-8,16-17H,9-15,26H2,1-4H3,(H,27,33,34). The molecule has 1 fully saturated rings. The van der Waals surface area contributed by atoms with Crippen LogP contribution in [-0.2, 0) is 11.3 Å². The van der Waals surface area contributed by atoms with Gasteiger partial charge in [-0.15, -0.1) is 0 Å². The molecule has 2 aromatic rings. The van der Waals surface area contributed by atoms with Crippen LogP contribution in [0.25, 0.3) is 0 Å². The van der Waals surface area contributed by atoms with Gasteiger partial charge in [-0.2, -0.15) is 0 Å². The van der Waals surface area contributed by atoms with Crippen molar-refractivity contribution in [2.45, 2.75) is 34.2 Å². The quantitative estimate of drug-likeness (QED) is 0.603. The molecule has 0 radical (unpaired) electrons. The number of rotatable bonds is 8. The normalized spacial score (nSPS) is 14.7. The number of hydrogen-bond donors (Lipinski definition) is 2. The van der Waals surface area contributed by atoms with Gasteiger partial charge in [0.25, 0.3) is 5.56 Å². The molecule has 1 aromatic carbocycles. The summed E-state index contributed by atoms with van der Waals surface area (Å²) in [6.07, 6.45) is 0. The van der Waals surface area contributed by atoms with E-state index in [1.54, 1.807) is 12.1 Å².